The van der Waals surface area contributed by atoms with Gasteiger partial charge in [0.15, 0.2) is 0 Å². The van der Waals surface area contributed by atoms with Crippen molar-refractivity contribution in [1.29, 1.82) is 0 Å². The van der Waals surface area contributed by atoms with E-state index >= 15 is 0 Å². The van der Waals surface area contributed by atoms with Crippen LogP contribution in [0.5, 0.6) is 0 Å². The largest absolute Gasteiger partial charge is 0.310 e. The minimum Gasteiger partial charge on any atom is -0.310 e. The molecule has 0 radical (unpaired) electrons. The summed E-state index contributed by atoms with van der Waals surface area (Å²) in [4.78, 5) is 7.20. The summed E-state index contributed by atoms with van der Waals surface area (Å²) in [6.45, 7) is 12.7. The van der Waals surface area contributed by atoms with E-state index in [2.05, 4.69) is 48.3 Å². The first-order valence-electron chi connectivity index (χ1n) is 7.76. The normalized spacial score (nSPS) is 32.5. The molecular weight excluding hydrogens is 266 g/mol. The Balaban J connectivity index is 1.79. The van der Waals surface area contributed by atoms with Crippen LogP contribution in [0, 0.1) is 11.3 Å². The lowest BCUT2D eigenvalue weighted by molar-refractivity contribution is 0.00414. The molecule has 0 bridgehead atoms. The fourth-order valence-corrected chi connectivity index (χ4v) is 3.99. The topological polar surface area (TPSA) is 28.2 Å². The highest BCUT2D eigenvalue weighted by Crippen LogP contribution is 2.45. The first-order chi connectivity index (χ1) is 9.39. The molecule has 0 aromatic carbocycles. The Bertz CT molecular complexity index is 447. The fourth-order valence-electron chi connectivity index (χ4n) is 3.36. The third-order valence-corrected chi connectivity index (χ3v) is 5.91. The van der Waals surface area contributed by atoms with Crippen molar-refractivity contribution in [3.05, 3.63) is 16.6 Å². The van der Waals surface area contributed by atoms with Gasteiger partial charge in [-0.15, -0.1) is 11.3 Å². The van der Waals surface area contributed by atoms with Gasteiger partial charge in [-0.2, -0.15) is 0 Å². The summed E-state index contributed by atoms with van der Waals surface area (Å²) in [6.07, 6.45) is 4.72. The molecule has 112 valence electrons. The molecule has 1 aliphatic carbocycles. The molecule has 1 saturated carbocycles. The molecule has 2 fully saturated rings. The summed E-state index contributed by atoms with van der Waals surface area (Å²) in [5.41, 5.74) is 0.624. The van der Waals surface area contributed by atoms with Crippen LogP contribution in [-0.4, -0.2) is 34.6 Å². The van der Waals surface area contributed by atoms with E-state index in [1.807, 2.05) is 6.20 Å². The van der Waals surface area contributed by atoms with Crippen LogP contribution in [0.2, 0.25) is 0 Å². The number of hydrogen-bond acceptors (Lipinski definition) is 4. The lowest BCUT2D eigenvalue weighted by atomic mass is 9.81. The van der Waals surface area contributed by atoms with E-state index in [-0.39, 0.29) is 0 Å². The molecule has 4 heteroatoms. The zero-order valence-corrected chi connectivity index (χ0v) is 14.0. The Morgan fingerprint density at radius 3 is 2.75 bits per heavy atom. The monoisotopic (exact) mass is 293 g/mol. The molecule has 3 nitrogen and oxygen atoms in total. The maximum absolute atomic E-state index is 4.50. The lowest BCUT2D eigenvalue weighted by Crippen LogP contribution is -2.66. The van der Waals surface area contributed by atoms with Crippen molar-refractivity contribution in [2.75, 3.05) is 13.1 Å². The van der Waals surface area contributed by atoms with Gasteiger partial charge in [-0.3, -0.25) is 4.90 Å². The third kappa shape index (κ3) is 2.78. The molecule has 2 heterocycles. The molecule has 1 aromatic rings. The van der Waals surface area contributed by atoms with E-state index in [1.54, 1.807) is 11.3 Å². The van der Waals surface area contributed by atoms with E-state index in [9.17, 15) is 0 Å². The van der Waals surface area contributed by atoms with Crippen LogP contribution < -0.4 is 5.32 Å². The van der Waals surface area contributed by atoms with Crippen molar-refractivity contribution in [1.82, 2.24) is 15.2 Å². The molecule has 0 spiro atoms. The molecular formula is C16H27N3S. The maximum atomic E-state index is 4.50. The molecule has 1 aliphatic heterocycles. The lowest BCUT2D eigenvalue weighted by Gasteiger charge is -2.51. The SMILES string of the molecule is CC(C)(C)C1CN(Cc2nccs2)C(C)(C2CC2)CN1. The van der Waals surface area contributed by atoms with Crippen molar-refractivity contribution in [2.45, 2.75) is 58.7 Å². The number of nitrogens with one attached hydrogen (secondary N) is 1. The number of piperazine rings is 1. The Labute approximate surface area is 126 Å². The molecule has 1 aromatic heterocycles. The van der Waals surface area contributed by atoms with Gasteiger partial charge in [-0.05, 0) is 31.1 Å². The summed E-state index contributed by atoms with van der Waals surface area (Å²) < 4.78 is 0. The summed E-state index contributed by atoms with van der Waals surface area (Å²) in [5.74, 6) is 0.871. The smallest absolute Gasteiger partial charge is 0.107 e. The molecule has 2 unspecified atom stereocenters. The molecule has 1 N–H and O–H groups in total. The van der Waals surface area contributed by atoms with E-state index in [4.69, 9.17) is 0 Å². The van der Waals surface area contributed by atoms with Crippen molar-refractivity contribution in [3.63, 3.8) is 0 Å². The first kappa shape index (κ1) is 14.5. The highest BCUT2D eigenvalue weighted by molar-refractivity contribution is 7.09. The summed E-state index contributed by atoms with van der Waals surface area (Å²) in [6, 6.07) is 0.564. The molecule has 20 heavy (non-hydrogen) atoms. The quantitative estimate of drug-likeness (QED) is 0.928. The summed E-state index contributed by atoms with van der Waals surface area (Å²) in [7, 11) is 0. The second kappa shape index (κ2) is 5.08. The predicted molar refractivity (Wildman–Crippen MR) is 84.9 cm³/mol. The highest BCUT2D eigenvalue weighted by Gasteiger charge is 2.49. The zero-order chi connectivity index (χ0) is 14.4. The maximum Gasteiger partial charge on any atom is 0.107 e. The van der Waals surface area contributed by atoms with Crippen LogP contribution >= 0.6 is 11.3 Å². The van der Waals surface area contributed by atoms with Gasteiger partial charge in [0.25, 0.3) is 0 Å². The standard InChI is InChI=1S/C16H27N3S/c1-15(2,3)13-9-19(10-14-17-7-8-20-14)16(4,11-18-13)12-5-6-12/h7-8,12-13,18H,5-6,9-11H2,1-4H3. The fraction of sp³-hybridized carbons (Fsp3) is 0.812. The van der Waals surface area contributed by atoms with Gasteiger partial charge in [0.2, 0.25) is 0 Å². The number of thiazole rings is 1. The number of aromatic nitrogens is 1. The van der Waals surface area contributed by atoms with Crippen LogP contribution in [0.1, 0.15) is 45.5 Å². The van der Waals surface area contributed by atoms with Gasteiger partial charge < -0.3 is 5.32 Å². The van der Waals surface area contributed by atoms with Crippen molar-refractivity contribution in [2.24, 2.45) is 11.3 Å². The Morgan fingerprint density at radius 1 is 1.45 bits per heavy atom. The van der Waals surface area contributed by atoms with Crippen molar-refractivity contribution >= 4 is 11.3 Å². The molecule has 1 saturated heterocycles. The third-order valence-electron chi connectivity index (χ3n) is 5.14. The van der Waals surface area contributed by atoms with Crippen LogP contribution in [0.3, 0.4) is 0 Å². The van der Waals surface area contributed by atoms with Crippen LogP contribution in [0.15, 0.2) is 11.6 Å². The van der Waals surface area contributed by atoms with E-state index < -0.39 is 0 Å². The van der Waals surface area contributed by atoms with Gasteiger partial charge in [-0.1, -0.05) is 20.8 Å². The van der Waals surface area contributed by atoms with Crippen molar-refractivity contribution < 1.29 is 0 Å². The van der Waals surface area contributed by atoms with Crippen LogP contribution in [0.25, 0.3) is 0 Å². The molecule has 2 aliphatic rings. The first-order valence-corrected chi connectivity index (χ1v) is 8.64. The van der Waals surface area contributed by atoms with E-state index in [0.717, 1.165) is 25.6 Å². The van der Waals surface area contributed by atoms with Crippen LogP contribution in [-0.2, 0) is 6.54 Å². The van der Waals surface area contributed by atoms with Crippen LogP contribution in [0.4, 0.5) is 0 Å². The number of rotatable bonds is 3. The zero-order valence-electron chi connectivity index (χ0n) is 13.1. The Morgan fingerprint density at radius 2 is 2.20 bits per heavy atom. The van der Waals surface area contributed by atoms with Gasteiger partial charge in [0.1, 0.15) is 5.01 Å². The average molecular weight is 293 g/mol. The number of nitrogens with zero attached hydrogens (tertiary/aromatic N) is 2. The Kier molecular flexibility index (Phi) is 3.68. The summed E-state index contributed by atoms with van der Waals surface area (Å²) >= 11 is 1.78. The minimum atomic E-state index is 0.312. The van der Waals surface area contributed by atoms with Gasteiger partial charge >= 0.3 is 0 Å². The number of hydrogen-bond donors (Lipinski definition) is 1. The second-order valence-electron chi connectivity index (χ2n) is 7.74. The van der Waals surface area contributed by atoms with E-state index in [1.165, 1.54) is 17.8 Å². The van der Waals surface area contributed by atoms with E-state index in [0.29, 0.717) is 17.0 Å². The van der Waals surface area contributed by atoms with Gasteiger partial charge in [0, 0.05) is 36.2 Å². The Hall–Kier alpha value is -0.450. The predicted octanol–water partition coefficient (Wildman–Crippen LogP) is 3.13. The highest BCUT2D eigenvalue weighted by atomic mass is 32.1. The molecule has 3 rings (SSSR count). The van der Waals surface area contributed by atoms with Gasteiger partial charge in [-0.25, -0.2) is 4.98 Å². The molecule has 2 atom stereocenters. The average Bonchev–Trinajstić information content (AvgIpc) is 3.11. The summed E-state index contributed by atoms with van der Waals surface area (Å²) in [5, 5.41) is 7.17. The van der Waals surface area contributed by atoms with Crippen molar-refractivity contribution in [3.8, 4) is 0 Å². The minimum absolute atomic E-state index is 0.312. The van der Waals surface area contributed by atoms with Gasteiger partial charge in [0.05, 0.1) is 6.54 Å². The second-order valence-corrected chi connectivity index (χ2v) is 8.72. The molecule has 0 amide bonds.